The summed E-state index contributed by atoms with van der Waals surface area (Å²) in [5.74, 6) is 0.375. The average molecular weight is 410 g/mol. The van der Waals surface area contributed by atoms with Gasteiger partial charge in [0.15, 0.2) is 0 Å². The predicted octanol–water partition coefficient (Wildman–Crippen LogP) is 5.04. The fourth-order valence-electron chi connectivity index (χ4n) is 5.12. The van der Waals surface area contributed by atoms with E-state index >= 15 is 0 Å². The molecule has 1 saturated carbocycles. The minimum Gasteiger partial charge on any atom is -0.459 e. The SMILES string of the molecule is CC(C)(C)OC(=O)N1C(CC2CCCCC2)C([C@H]2CC(C)(C)C(=O)O2)OC1(C)C. The molecule has 3 aliphatic rings. The van der Waals surface area contributed by atoms with Gasteiger partial charge in [-0.2, -0.15) is 0 Å². The van der Waals surface area contributed by atoms with Crippen molar-refractivity contribution in [3.05, 3.63) is 0 Å². The smallest absolute Gasteiger partial charge is 0.412 e. The molecule has 6 nitrogen and oxygen atoms in total. The van der Waals surface area contributed by atoms with Crippen LogP contribution in [0, 0.1) is 11.3 Å². The second kappa shape index (κ2) is 7.75. The van der Waals surface area contributed by atoms with E-state index in [1.165, 1.54) is 32.1 Å². The highest BCUT2D eigenvalue weighted by molar-refractivity contribution is 5.78. The average Bonchev–Trinajstić information content (AvgIpc) is 2.99. The Morgan fingerprint density at radius 2 is 1.76 bits per heavy atom. The van der Waals surface area contributed by atoms with Crippen LogP contribution in [-0.2, 0) is 19.0 Å². The second-order valence-corrected chi connectivity index (χ2v) is 11.2. The van der Waals surface area contributed by atoms with Crippen LogP contribution in [0.25, 0.3) is 0 Å². The van der Waals surface area contributed by atoms with Gasteiger partial charge in [0.05, 0.1) is 11.5 Å². The maximum Gasteiger partial charge on any atom is 0.412 e. The van der Waals surface area contributed by atoms with Crippen LogP contribution in [0.15, 0.2) is 0 Å². The van der Waals surface area contributed by atoms with Crippen molar-refractivity contribution in [1.29, 1.82) is 0 Å². The summed E-state index contributed by atoms with van der Waals surface area (Å²) in [6, 6.07) is -0.158. The van der Waals surface area contributed by atoms with Crippen LogP contribution in [0.1, 0.15) is 93.4 Å². The maximum atomic E-state index is 13.2. The predicted molar refractivity (Wildman–Crippen MR) is 110 cm³/mol. The zero-order valence-corrected chi connectivity index (χ0v) is 19.2. The number of rotatable bonds is 3. The zero-order valence-electron chi connectivity index (χ0n) is 19.2. The Morgan fingerprint density at radius 3 is 2.28 bits per heavy atom. The van der Waals surface area contributed by atoms with E-state index in [2.05, 4.69) is 0 Å². The van der Waals surface area contributed by atoms with E-state index in [9.17, 15) is 9.59 Å². The molecule has 2 aliphatic heterocycles. The molecule has 0 aromatic rings. The fraction of sp³-hybridized carbons (Fsp3) is 0.913. The van der Waals surface area contributed by atoms with E-state index in [1.807, 2.05) is 48.5 Å². The standard InChI is InChI=1S/C23H39NO5/c1-21(2,3)29-20(26)24-16(13-15-11-9-8-10-12-15)18(28-23(24,6)7)17-14-22(4,5)19(25)27-17/h15-18H,8-14H2,1-7H3/t16?,17-,18?/m1/s1. The summed E-state index contributed by atoms with van der Waals surface area (Å²) in [4.78, 5) is 27.3. The monoisotopic (exact) mass is 409 g/mol. The Kier molecular flexibility index (Phi) is 5.98. The number of carbonyl (C=O) groups is 2. The lowest BCUT2D eigenvalue weighted by atomic mass is 9.81. The van der Waals surface area contributed by atoms with Gasteiger partial charge < -0.3 is 14.2 Å². The van der Waals surface area contributed by atoms with Crippen molar-refractivity contribution < 1.29 is 23.8 Å². The molecule has 0 aromatic carbocycles. The van der Waals surface area contributed by atoms with Crippen LogP contribution in [-0.4, -0.2) is 46.5 Å². The quantitative estimate of drug-likeness (QED) is 0.611. The summed E-state index contributed by atoms with van der Waals surface area (Å²) >= 11 is 0. The fourth-order valence-corrected chi connectivity index (χ4v) is 5.12. The van der Waals surface area contributed by atoms with Crippen LogP contribution < -0.4 is 0 Å². The summed E-state index contributed by atoms with van der Waals surface area (Å²) in [5, 5.41) is 0. The van der Waals surface area contributed by atoms with Gasteiger partial charge in [-0.1, -0.05) is 32.1 Å². The molecule has 2 heterocycles. The molecule has 0 spiro atoms. The van der Waals surface area contributed by atoms with Crippen molar-refractivity contribution in [2.45, 2.75) is 123 Å². The van der Waals surface area contributed by atoms with Crippen molar-refractivity contribution in [3.63, 3.8) is 0 Å². The largest absolute Gasteiger partial charge is 0.459 e. The van der Waals surface area contributed by atoms with E-state index in [-0.39, 0.29) is 30.3 Å². The summed E-state index contributed by atoms with van der Waals surface area (Å²) in [7, 11) is 0. The third-order valence-corrected chi connectivity index (χ3v) is 6.49. The molecule has 166 valence electrons. The van der Waals surface area contributed by atoms with Crippen LogP contribution in [0.4, 0.5) is 4.79 Å². The van der Waals surface area contributed by atoms with Crippen molar-refractivity contribution >= 4 is 12.1 Å². The summed E-state index contributed by atoms with van der Waals surface area (Å²) in [6.07, 6.45) is 6.59. The molecule has 0 N–H and O–H groups in total. The topological polar surface area (TPSA) is 65.1 Å². The van der Waals surface area contributed by atoms with E-state index in [0.717, 1.165) is 6.42 Å². The molecular formula is C23H39NO5. The minimum atomic E-state index is -0.814. The molecule has 3 atom stereocenters. The first kappa shape index (κ1) is 22.4. The van der Waals surface area contributed by atoms with Gasteiger partial charge >= 0.3 is 12.1 Å². The van der Waals surface area contributed by atoms with Crippen LogP contribution in [0.3, 0.4) is 0 Å². The van der Waals surface area contributed by atoms with E-state index in [0.29, 0.717) is 12.3 Å². The third-order valence-electron chi connectivity index (χ3n) is 6.49. The van der Waals surface area contributed by atoms with Gasteiger partial charge in [-0.25, -0.2) is 4.79 Å². The number of carbonyl (C=O) groups excluding carboxylic acids is 2. The zero-order chi connectivity index (χ0) is 21.6. The molecule has 2 unspecified atom stereocenters. The summed E-state index contributed by atoms with van der Waals surface area (Å²) < 4.78 is 17.9. The Balaban J connectivity index is 1.88. The molecule has 3 fully saturated rings. The van der Waals surface area contributed by atoms with E-state index < -0.39 is 16.7 Å². The van der Waals surface area contributed by atoms with Gasteiger partial charge in [0.2, 0.25) is 0 Å². The number of nitrogens with zero attached hydrogens (tertiary/aromatic N) is 1. The van der Waals surface area contributed by atoms with Crippen molar-refractivity contribution in [1.82, 2.24) is 4.90 Å². The highest BCUT2D eigenvalue weighted by atomic mass is 16.6. The maximum absolute atomic E-state index is 13.2. The Morgan fingerprint density at radius 1 is 1.14 bits per heavy atom. The number of ether oxygens (including phenoxy) is 3. The molecule has 0 bridgehead atoms. The van der Waals surface area contributed by atoms with Crippen molar-refractivity contribution in [2.24, 2.45) is 11.3 Å². The number of hydrogen-bond donors (Lipinski definition) is 0. The molecule has 0 radical (unpaired) electrons. The van der Waals surface area contributed by atoms with Crippen molar-refractivity contribution in [2.75, 3.05) is 0 Å². The highest BCUT2D eigenvalue weighted by Crippen LogP contribution is 2.45. The molecular weight excluding hydrogens is 370 g/mol. The minimum absolute atomic E-state index is 0.158. The van der Waals surface area contributed by atoms with E-state index in [4.69, 9.17) is 14.2 Å². The molecule has 0 aromatic heterocycles. The third kappa shape index (κ3) is 4.89. The Labute approximate surface area is 175 Å². The summed E-state index contributed by atoms with van der Waals surface area (Å²) in [6.45, 7) is 13.3. The first-order valence-corrected chi connectivity index (χ1v) is 11.2. The Bertz CT molecular complexity index is 630. The van der Waals surface area contributed by atoms with Crippen LogP contribution in [0.5, 0.6) is 0 Å². The van der Waals surface area contributed by atoms with Crippen LogP contribution in [0.2, 0.25) is 0 Å². The highest BCUT2D eigenvalue weighted by Gasteiger charge is 2.57. The molecule has 1 aliphatic carbocycles. The number of cyclic esters (lactones) is 1. The molecule has 6 heteroatoms. The first-order valence-electron chi connectivity index (χ1n) is 11.2. The van der Waals surface area contributed by atoms with Gasteiger partial charge in [-0.15, -0.1) is 0 Å². The number of esters is 1. The van der Waals surface area contributed by atoms with Crippen LogP contribution >= 0.6 is 0 Å². The number of hydrogen-bond acceptors (Lipinski definition) is 5. The van der Waals surface area contributed by atoms with E-state index in [1.54, 1.807) is 4.90 Å². The van der Waals surface area contributed by atoms with Gasteiger partial charge in [0.25, 0.3) is 0 Å². The lowest BCUT2D eigenvalue weighted by Crippen LogP contribution is -2.51. The van der Waals surface area contributed by atoms with Gasteiger partial charge in [0.1, 0.15) is 23.5 Å². The molecule has 3 rings (SSSR count). The normalized spacial score (nSPS) is 32.3. The molecule has 1 amide bonds. The second-order valence-electron chi connectivity index (χ2n) is 11.2. The van der Waals surface area contributed by atoms with Gasteiger partial charge in [-0.3, -0.25) is 9.69 Å². The lowest BCUT2D eigenvalue weighted by Gasteiger charge is -2.37. The molecule has 29 heavy (non-hydrogen) atoms. The Hall–Kier alpha value is -1.30. The van der Waals surface area contributed by atoms with Crippen molar-refractivity contribution in [3.8, 4) is 0 Å². The first-order chi connectivity index (χ1) is 13.3. The summed E-state index contributed by atoms with van der Waals surface area (Å²) in [5.41, 5.74) is -1.92. The number of amides is 1. The molecule has 2 saturated heterocycles. The lowest BCUT2D eigenvalue weighted by molar-refractivity contribution is -0.154. The van der Waals surface area contributed by atoms with Gasteiger partial charge in [-0.05, 0) is 60.8 Å². The van der Waals surface area contributed by atoms with Gasteiger partial charge in [0, 0.05) is 6.42 Å².